The Balaban J connectivity index is 2.01. The number of rotatable bonds is 1. The standard InChI is InChI=1S/C17H17N3O2S/c1-17(2)11-6-4-5-7-12(11)20(3)13(17)9-8-10-14(21)18-16(23)19-15(10)22/h4-9H,1-3H3,(H2,18,19,21,22,23). The number of carbonyl (C=O) groups excluding carboxylic acids is 2. The van der Waals surface area contributed by atoms with Crippen molar-refractivity contribution in [3.8, 4) is 0 Å². The maximum atomic E-state index is 11.9. The number of thiocarbonyl (C=S) groups is 1. The monoisotopic (exact) mass is 327 g/mol. The highest BCUT2D eigenvalue weighted by Crippen LogP contribution is 2.46. The number of anilines is 1. The smallest absolute Gasteiger partial charge is 0.263 e. The first kappa shape index (κ1) is 15.4. The van der Waals surface area contributed by atoms with Gasteiger partial charge in [0.15, 0.2) is 5.11 Å². The number of para-hydroxylation sites is 1. The minimum absolute atomic E-state index is 0.0375. The molecule has 2 amide bonds. The van der Waals surface area contributed by atoms with Gasteiger partial charge in [-0.1, -0.05) is 32.0 Å². The lowest BCUT2D eigenvalue weighted by Crippen LogP contribution is -2.51. The van der Waals surface area contributed by atoms with Crippen molar-refractivity contribution in [2.45, 2.75) is 19.3 Å². The minimum Gasteiger partial charge on any atom is -0.347 e. The highest BCUT2D eigenvalue weighted by Gasteiger charge is 2.38. The van der Waals surface area contributed by atoms with Crippen LogP contribution < -0.4 is 15.5 Å². The summed E-state index contributed by atoms with van der Waals surface area (Å²) in [4.78, 5) is 25.9. The fraction of sp³-hybridized carbons (Fsp3) is 0.235. The molecule has 0 bridgehead atoms. The van der Waals surface area contributed by atoms with Crippen LogP contribution in [0.1, 0.15) is 19.4 Å². The molecule has 2 heterocycles. The second kappa shape index (κ2) is 5.31. The maximum absolute atomic E-state index is 11.9. The van der Waals surface area contributed by atoms with E-state index in [1.165, 1.54) is 5.56 Å². The first-order valence-electron chi connectivity index (χ1n) is 7.24. The number of amides is 2. The molecule has 2 aliphatic rings. The van der Waals surface area contributed by atoms with Gasteiger partial charge in [-0.25, -0.2) is 0 Å². The van der Waals surface area contributed by atoms with E-state index >= 15 is 0 Å². The van der Waals surface area contributed by atoms with Crippen LogP contribution in [-0.2, 0) is 15.0 Å². The van der Waals surface area contributed by atoms with Crippen molar-refractivity contribution < 1.29 is 9.59 Å². The van der Waals surface area contributed by atoms with E-state index in [0.29, 0.717) is 0 Å². The van der Waals surface area contributed by atoms with Crippen molar-refractivity contribution in [2.24, 2.45) is 0 Å². The Hall–Kier alpha value is -2.47. The van der Waals surface area contributed by atoms with E-state index in [0.717, 1.165) is 11.4 Å². The van der Waals surface area contributed by atoms with Gasteiger partial charge in [-0.3, -0.25) is 20.2 Å². The highest BCUT2D eigenvalue weighted by molar-refractivity contribution is 7.80. The molecule has 2 N–H and O–H groups in total. The van der Waals surface area contributed by atoms with Gasteiger partial charge >= 0.3 is 0 Å². The van der Waals surface area contributed by atoms with Gasteiger partial charge in [0.05, 0.1) is 0 Å². The predicted octanol–water partition coefficient (Wildman–Crippen LogP) is 1.76. The van der Waals surface area contributed by atoms with Gasteiger partial charge in [-0.05, 0) is 36.0 Å². The highest BCUT2D eigenvalue weighted by atomic mass is 32.1. The molecule has 1 saturated heterocycles. The normalized spacial score (nSPS) is 21.2. The Morgan fingerprint density at radius 3 is 2.30 bits per heavy atom. The molecule has 118 valence electrons. The lowest BCUT2D eigenvalue weighted by molar-refractivity contribution is -0.123. The second-order valence-corrected chi connectivity index (χ2v) is 6.48. The Morgan fingerprint density at radius 2 is 1.70 bits per heavy atom. The molecular formula is C17H17N3O2S. The number of likely N-dealkylation sites (N-methyl/N-ethyl adjacent to an activating group) is 1. The summed E-state index contributed by atoms with van der Waals surface area (Å²) in [5.41, 5.74) is 3.19. The Morgan fingerprint density at radius 1 is 1.09 bits per heavy atom. The third-order valence-corrected chi connectivity index (χ3v) is 4.50. The van der Waals surface area contributed by atoms with Gasteiger partial charge in [0.25, 0.3) is 11.8 Å². The maximum Gasteiger partial charge on any atom is 0.263 e. The molecule has 1 fully saturated rings. The molecule has 0 spiro atoms. The van der Waals surface area contributed by atoms with Crippen molar-refractivity contribution in [3.05, 3.63) is 53.3 Å². The number of hydrogen-bond acceptors (Lipinski definition) is 4. The number of hydrogen-bond donors (Lipinski definition) is 2. The summed E-state index contributed by atoms with van der Waals surface area (Å²) in [6, 6.07) is 8.16. The van der Waals surface area contributed by atoms with Gasteiger partial charge in [-0.15, -0.1) is 0 Å². The molecule has 2 aliphatic heterocycles. The molecule has 0 unspecified atom stereocenters. The largest absolute Gasteiger partial charge is 0.347 e. The topological polar surface area (TPSA) is 61.4 Å². The van der Waals surface area contributed by atoms with E-state index in [4.69, 9.17) is 12.2 Å². The zero-order chi connectivity index (χ0) is 16.8. The third-order valence-electron chi connectivity index (χ3n) is 4.29. The van der Waals surface area contributed by atoms with Gasteiger partial charge in [0.2, 0.25) is 0 Å². The molecule has 1 aromatic carbocycles. The van der Waals surface area contributed by atoms with Crippen LogP contribution in [-0.4, -0.2) is 24.0 Å². The van der Waals surface area contributed by atoms with Crippen molar-refractivity contribution >= 4 is 34.8 Å². The molecule has 23 heavy (non-hydrogen) atoms. The quantitative estimate of drug-likeness (QED) is 0.469. The van der Waals surface area contributed by atoms with E-state index in [1.54, 1.807) is 6.08 Å². The Labute approximate surface area is 140 Å². The zero-order valence-corrected chi connectivity index (χ0v) is 14.0. The van der Waals surface area contributed by atoms with Crippen LogP contribution in [0.4, 0.5) is 5.69 Å². The molecule has 0 radical (unpaired) electrons. The average Bonchev–Trinajstić information content (AvgIpc) is 2.67. The van der Waals surface area contributed by atoms with Crippen LogP contribution >= 0.6 is 12.2 Å². The second-order valence-electron chi connectivity index (χ2n) is 6.07. The number of nitrogens with zero attached hydrogens (tertiary/aromatic N) is 1. The Kier molecular flexibility index (Phi) is 3.56. The third kappa shape index (κ3) is 2.45. The summed E-state index contributed by atoms with van der Waals surface area (Å²) < 4.78 is 0. The van der Waals surface area contributed by atoms with Crippen LogP contribution in [0.3, 0.4) is 0 Å². The lowest BCUT2D eigenvalue weighted by atomic mass is 9.83. The van der Waals surface area contributed by atoms with Crippen molar-refractivity contribution in [1.82, 2.24) is 10.6 Å². The van der Waals surface area contributed by atoms with Gasteiger partial charge < -0.3 is 4.90 Å². The first-order valence-corrected chi connectivity index (χ1v) is 7.65. The van der Waals surface area contributed by atoms with Gasteiger partial charge in [-0.2, -0.15) is 0 Å². The summed E-state index contributed by atoms with van der Waals surface area (Å²) in [6.07, 6.45) is 3.37. The van der Waals surface area contributed by atoms with Crippen molar-refractivity contribution in [1.29, 1.82) is 0 Å². The molecule has 1 aromatic rings. The molecular weight excluding hydrogens is 310 g/mol. The molecule has 0 atom stereocenters. The van der Waals surface area contributed by atoms with Gasteiger partial charge in [0.1, 0.15) is 5.57 Å². The molecule has 5 nitrogen and oxygen atoms in total. The molecule has 0 aliphatic carbocycles. The summed E-state index contributed by atoms with van der Waals surface area (Å²) in [6.45, 7) is 4.24. The Bertz CT molecular complexity index is 771. The van der Waals surface area contributed by atoms with E-state index in [1.807, 2.05) is 25.3 Å². The van der Waals surface area contributed by atoms with Crippen molar-refractivity contribution in [2.75, 3.05) is 11.9 Å². The van der Waals surface area contributed by atoms with Gasteiger partial charge in [0, 0.05) is 23.8 Å². The van der Waals surface area contributed by atoms with E-state index in [-0.39, 0.29) is 16.1 Å². The van der Waals surface area contributed by atoms with Crippen LogP contribution in [0, 0.1) is 0 Å². The fourth-order valence-electron chi connectivity index (χ4n) is 3.09. The summed E-state index contributed by atoms with van der Waals surface area (Å²) in [7, 11) is 1.98. The van der Waals surface area contributed by atoms with Crippen LogP contribution in [0.2, 0.25) is 0 Å². The molecule has 0 saturated carbocycles. The molecule has 3 rings (SSSR count). The van der Waals surface area contributed by atoms with E-state index < -0.39 is 11.8 Å². The fourth-order valence-corrected chi connectivity index (χ4v) is 3.28. The van der Waals surface area contributed by atoms with Crippen LogP contribution in [0.15, 0.2) is 47.7 Å². The van der Waals surface area contributed by atoms with E-state index in [9.17, 15) is 9.59 Å². The van der Waals surface area contributed by atoms with Crippen LogP contribution in [0.5, 0.6) is 0 Å². The lowest BCUT2D eigenvalue weighted by Gasteiger charge is -2.24. The number of fused-ring (bicyclic) bond motifs is 1. The summed E-state index contributed by atoms with van der Waals surface area (Å²) >= 11 is 4.79. The SMILES string of the molecule is CN1C(=CC=C2C(=O)NC(=S)NC2=O)C(C)(C)c2ccccc21. The van der Waals surface area contributed by atoms with E-state index in [2.05, 4.69) is 41.5 Å². The first-order chi connectivity index (χ1) is 10.8. The summed E-state index contributed by atoms with van der Waals surface area (Å²) in [5, 5.41) is 4.90. The number of allylic oxidation sites excluding steroid dienone is 3. The molecule has 6 heteroatoms. The predicted molar refractivity (Wildman–Crippen MR) is 92.9 cm³/mol. The minimum atomic E-state index is -0.480. The van der Waals surface area contributed by atoms with Crippen molar-refractivity contribution in [3.63, 3.8) is 0 Å². The number of carbonyl (C=O) groups is 2. The molecule has 0 aromatic heterocycles. The summed E-state index contributed by atoms with van der Waals surface area (Å²) in [5.74, 6) is -0.960. The average molecular weight is 327 g/mol. The number of nitrogens with one attached hydrogen (secondary N) is 2. The number of benzene rings is 1. The zero-order valence-electron chi connectivity index (χ0n) is 13.1. The van der Waals surface area contributed by atoms with Crippen LogP contribution in [0.25, 0.3) is 0 Å².